The van der Waals surface area contributed by atoms with Crippen molar-refractivity contribution in [2.45, 2.75) is 32.6 Å². The molecular weight excluding hydrogens is 299 g/mol. The number of fused-ring (bicyclic) bond motifs is 1. The Morgan fingerprint density at radius 1 is 1.32 bits per heavy atom. The normalized spacial score (nSPS) is 12.6. The minimum absolute atomic E-state index is 0.0329. The smallest absolute Gasteiger partial charge is 0.230 e. The van der Waals surface area contributed by atoms with Crippen LogP contribution in [0.3, 0.4) is 0 Å². The summed E-state index contributed by atoms with van der Waals surface area (Å²) in [5.74, 6) is 1.21. The average Bonchev–Trinajstić information content (AvgIpc) is 2.49. The molecule has 0 aliphatic carbocycles. The number of rotatable bonds is 6. The zero-order valence-corrected chi connectivity index (χ0v) is 13.9. The monoisotopic (exact) mass is 320 g/mol. The zero-order valence-electron chi connectivity index (χ0n) is 13.1. The largest absolute Gasteiger partial charge is 0.353 e. The number of nitrogens with zero attached hydrogens (tertiary/aromatic N) is 1. The van der Waals surface area contributed by atoms with E-state index in [2.05, 4.69) is 24.1 Å². The molecule has 1 heterocycles. The van der Waals surface area contributed by atoms with Crippen molar-refractivity contribution in [1.29, 1.82) is 0 Å². The topological polar surface area (TPSA) is 42.0 Å². The van der Waals surface area contributed by atoms with Crippen LogP contribution in [0.2, 0.25) is 0 Å². The maximum Gasteiger partial charge on any atom is 0.230 e. The third kappa shape index (κ3) is 4.19. The van der Waals surface area contributed by atoms with E-state index in [1.165, 1.54) is 17.8 Å². The predicted molar refractivity (Wildman–Crippen MR) is 90.3 cm³/mol. The molecule has 1 aromatic heterocycles. The average molecular weight is 320 g/mol. The summed E-state index contributed by atoms with van der Waals surface area (Å²) in [4.78, 5) is 16.1. The van der Waals surface area contributed by atoms with Crippen LogP contribution in [0.4, 0.5) is 4.39 Å². The Kier molecular flexibility index (Phi) is 5.77. The number of carbonyl (C=O) groups is 1. The summed E-state index contributed by atoms with van der Waals surface area (Å²) in [6.07, 6.45) is 1.66. The number of benzene rings is 1. The highest BCUT2D eigenvalue weighted by molar-refractivity contribution is 7.99. The fourth-order valence-electron chi connectivity index (χ4n) is 2.03. The van der Waals surface area contributed by atoms with Crippen LogP contribution in [0, 0.1) is 11.7 Å². The van der Waals surface area contributed by atoms with Gasteiger partial charge in [-0.15, -0.1) is 11.8 Å². The fourth-order valence-corrected chi connectivity index (χ4v) is 2.85. The molecule has 1 unspecified atom stereocenters. The van der Waals surface area contributed by atoms with E-state index in [9.17, 15) is 9.18 Å². The first-order valence-corrected chi connectivity index (χ1v) is 8.53. The summed E-state index contributed by atoms with van der Waals surface area (Å²) in [6.45, 7) is 6.16. The number of pyridine rings is 1. The Labute approximate surface area is 134 Å². The van der Waals surface area contributed by atoms with Crippen LogP contribution in [0.1, 0.15) is 26.3 Å². The Hall–Kier alpha value is -1.62. The molecule has 0 bridgehead atoms. The number of carbonyl (C=O) groups excluding carboxylic acids is 1. The third-order valence-electron chi connectivity index (χ3n) is 3.68. The summed E-state index contributed by atoms with van der Waals surface area (Å²) in [5.41, 5.74) is 1.62. The summed E-state index contributed by atoms with van der Waals surface area (Å²) in [5, 5.41) is 3.50. The van der Waals surface area contributed by atoms with Crippen LogP contribution in [-0.2, 0) is 10.5 Å². The third-order valence-corrected chi connectivity index (χ3v) is 4.66. The standard InChI is InChI=1S/C17H21FN2OS/c1-11(2)12(3)20-16(21)10-22-9-13-6-7-15(18)14-5-4-8-19-17(13)14/h4-8,11-12H,9-10H2,1-3H3,(H,20,21). The molecule has 0 aliphatic heterocycles. The highest BCUT2D eigenvalue weighted by Crippen LogP contribution is 2.23. The van der Waals surface area contributed by atoms with Gasteiger partial charge in [0.15, 0.2) is 0 Å². The lowest BCUT2D eigenvalue weighted by Crippen LogP contribution is -2.37. The molecule has 3 nitrogen and oxygen atoms in total. The second-order valence-corrected chi connectivity index (χ2v) is 6.68. The number of halogens is 1. The summed E-state index contributed by atoms with van der Waals surface area (Å²) in [7, 11) is 0. The van der Waals surface area contributed by atoms with Crippen molar-refractivity contribution in [3.63, 3.8) is 0 Å². The van der Waals surface area contributed by atoms with Crippen LogP contribution < -0.4 is 5.32 Å². The highest BCUT2D eigenvalue weighted by Gasteiger charge is 2.11. The minimum atomic E-state index is -0.264. The van der Waals surface area contributed by atoms with Crippen molar-refractivity contribution < 1.29 is 9.18 Å². The van der Waals surface area contributed by atoms with Crippen molar-refractivity contribution >= 4 is 28.6 Å². The van der Waals surface area contributed by atoms with Gasteiger partial charge in [0.25, 0.3) is 0 Å². The molecule has 5 heteroatoms. The van der Waals surface area contributed by atoms with E-state index in [0.717, 1.165) is 5.56 Å². The van der Waals surface area contributed by atoms with Gasteiger partial charge in [0.1, 0.15) is 5.82 Å². The Bertz CT molecular complexity index is 660. The maximum atomic E-state index is 13.7. The van der Waals surface area contributed by atoms with Crippen LogP contribution in [0.15, 0.2) is 30.5 Å². The summed E-state index contributed by atoms with van der Waals surface area (Å²) in [6, 6.07) is 6.82. The maximum absolute atomic E-state index is 13.7. The van der Waals surface area contributed by atoms with Crippen molar-refractivity contribution in [2.24, 2.45) is 5.92 Å². The van der Waals surface area contributed by atoms with Gasteiger partial charge in [-0.1, -0.05) is 19.9 Å². The quantitative estimate of drug-likeness (QED) is 0.881. The van der Waals surface area contributed by atoms with E-state index in [1.807, 2.05) is 6.92 Å². The molecule has 0 aliphatic rings. The Morgan fingerprint density at radius 2 is 2.09 bits per heavy atom. The molecule has 0 spiro atoms. The molecule has 1 aromatic carbocycles. The molecule has 0 fully saturated rings. The van der Waals surface area contributed by atoms with Gasteiger partial charge in [-0.05, 0) is 36.6 Å². The van der Waals surface area contributed by atoms with Crippen molar-refractivity contribution in [1.82, 2.24) is 10.3 Å². The molecule has 1 N–H and O–H groups in total. The first-order chi connectivity index (χ1) is 10.5. The number of aromatic nitrogens is 1. The van der Waals surface area contributed by atoms with Crippen molar-refractivity contribution in [3.8, 4) is 0 Å². The van der Waals surface area contributed by atoms with E-state index >= 15 is 0 Å². The van der Waals surface area contributed by atoms with Gasteiger partial charge in [0, 0.05) is 23.4 Å². The number of nitrogens with one attached hydrogen (secondary N) is 1. The van der Waals surface area contributed by atoms with Gasteiger partial charge in [-0.2, -0.15) is 0 Å². The van der Waals surface area contributed by atoms with E-state index < -0.39 is 0 Å². The summed E-state index contributed by atoms with van der Waals surface area (Å²) >= 11 is 1.51. The molecule has 0 saturated heterocycles. The van der Waals surface area contributed by atoms with E-state index in [1.54, 1.807) is 24.4 Å². The lowest BCUT2D eigenvalue weighted by Gasteiger charge is -2.17. The minimum Gasteiger partial charge on any atom is -0.353 e. The Morgan fingerprint density at radius 3 is 2.82 bits per heavy atom. The summed E-state index contributed by atoms with van der Waals surface area (Å²) < 4.78 is 13.7. The van der Waals surface area contributed by atoms with Gasteiger partial charge >= 0.3 is 0 Å². The molecule has 22 heavy (non-hydrogen) atoms. The molecule has 0 radical (unpaired) electrons. The lowest BCUT2D eigenvalue weighted by atomic mass is 10.1. The van der Waals surface area contributed by atoms with Crippen molar-refractivity contribution in [2.75, 3.05) is 5.75 Å². The first kappa shape index (κ1) is 16.7. The predicted octanol–water partition coefficient (Wildman–Crippen LogP) is 3.77. The number of hydrogen-bond donors (Lipinski definition) is 1. The first-order valence-electron chi connectivity index (χ1n) is 7.38. The number of hydrogen-bond acceptors (Lipinski definition) is 3. The van der Waals surface area contributed by atoms with E-state index in [4.69, 9.17) is 0 Å². The molecule has 2 rings (SSSR count). The zero-order chi connectivity index (χ0) is 16.1. The molecule has 1 atom stereocenters. The highest BCUT2D eigenvalue weighted by atomic mass is 32.2. The van der Waals surface area contributed by atoms with E-state index in [-0.39, 0.29) is 17.8 Å². The number of amides is 1. The molecule has 0 saturated carbocycles. The van der Waals surface area contributed by atoms with Gasteiger partial charge in [-0.3, -0.25) is 9.78 Å². The van der Waals surface area contributed by atoms with Gasteiger partial charge in [0.05, 0.1) is 11.3 Å². The van der Waals surface area contributed by atoms with Crippen LogP contribution in [-0.4, -0.2) is 22.7 Å². The molecule has 2 aromatic rings. The molecule has 1 amide bonds. The second kappa shape index (κ2) is 7.58. The fraction of sp³-hybridized carbons (Fsp3) is 0.412. The molecule has 118 valence electrons. The molecular formula is C17H21FN2OS. The second-order valence-electron chi connectivity index (χ2n) is 5.70. The SMILES string of the molecule is CC(C)C(C)NC(=O)CSCc1ccc(F)c2cccnc12. The number of thioether (sulfide) groups is 1. The van der Waals surface area contributed by atoms with Gasteiger partial charge in [-0.25, -0.2) is 4.39 Å². The van der Waals surface area contributed by atoms with Crippen LogP contribution >= 0.6 is 11.8 Å². The Balaban J connectivity index is 1.95. The van der Waals surface area contributed by atoms with Gasteiger partial charge < -0.3 is 5.32 Å². The lowest BCUT2D eigenvalue weighted by molar-refractivity contribution is -0.119. The van der Waals surface area contributed by atoms with Gasteiger partial charge in [0.2, 0.25) is 5.91 Å². The van der Waals surface area contributed by atoms with Crippen molar-refractivity contribution in [3.05, 3.63) is 41.8 Å². The van der Waals surface area contributed by atoms with E-state index in [0.29, 0.717) is 28.3 Å². The van der Waals surface area contributed by atoms with Crippen LogP contribution in [0.25, 0.3) is 10.9 Å². The van der Waals surface area contributed by atoms with Crippen LogP contribution in [0.5, 0.6) is 0 Å².